The molecule has 1 aliphatic rings. The summed E-state index contributed by atoms with van der Waals surface area (Å²) in [6.45, 7) is 6.55. The van der Waals surface area contributed by atoms with E-state index in [4.69, 9.17) is 10.2 Å². The zero-order valence-electron chi connectivity index (χ0n) is 12.1. The van der Waals surface area contributed by atoms with Crippen LogP contribution < -0.4 is 5.73 Å². The van der Waals surface area contributed by atoms with E-state index in [1.807, 2.05) is 30.9 Å². The number of carbonyl (C=O) groups is 1. The first-order chi connectivity index (χ1) is 9.02. The number of amides is 1. The fraction of sp³-hybridized carbons (Fsp3) is 0.667. The van der Waals surface area contributed by atoms with Crippen LogP contribution in [0.4, 0.5) is 0 Å². The lowest BCUT2D eigenvalue weighted by Gasteiger charge is -2.27. The minimum Gasteiger partial charge on any atom is -0.464 e. The van der Waals surface area contributed by atoms with Gasteiger partial charge in [-0.3, -0.25) is 4.79 Å². The molecule has 4 nitrogen and oxygen atoms in total. The molecule has 0 bridgehead atoms. The Balaban J connectivity index is 2.05. The van der Waals surface area contributed by atoms with E-state index < -0.39 is 6.04 Å². The van der Waals surface area contributed by atoms with Crippen LogP contribution in [0.2, 0.25) is 0 Å². The first-order valence-corrected chi connectivity index (χ1v) is 7.14. The molecule has 106 valence electrons. The summed E-state index contributed by atoms with van der Waals surface area (Å²) in [6.07, 6.45) is 3.09. The molecule has 1 amide bonds. The van der Waals surface area contributed by atoms with Gasteiger partial charge in [-0.25, -0.2) is 0 Å². The summed E-state index contributed by atoms with van der Waals surface area (Å²) in [7, 11) is 0. The summed E-state index contributed by atoms with van der Waals surface area (Å²) in [5.41, 5.74) is 6.07. The smallest absolute Gasteiger partial charge is 0.240 e. The van der Waals surface area contributed by atoms with Crippen LogP contribution in [0.1, 0.15) is 44.6 Å². The highest BCUT2D eigenvalue weighted by Gasteiger charge is 2.36. The molecule has 1 fully saturated rings. The van der Waals surface area contributed by atoms with Crippen LogP contribution in [-0.2, 0) is 11.3 Å². The lowest BCUT2D eigenvalue weighted by Crippen LogP contribution is -2.47. The zero-order valence-corrected chi connectivity index (χ0v) is 12.1. The van der Waals surface area contributed by atoms with Crippen molar-refractivity contribution in [3.8, 4) is 0 Å². The molecule has 1 aliphatic carbocycles. The van der Waals surface area contributed by atoms with Crippen molar-refractivity contribution in [1.82, 2.24) is 4.90 Å². The summed E-state index contributed by atoms with van der Waals surface area (Å²) in [5.74, 6) is 2.00. The van der Waals surface area contributed by atoms with Gasteiger partial charge in [0.2, 0.25) is 5.91 Å². The van der Waals surface area contributed by atoms with Crippen molar-refractivity contribution in [1.29, 1.82) is 0 Å². The van der Waals surface area contributed by atoms with Crippen LogP contribution in [0.15, 0.2) is 16.5 Å². The average Bonchev–Trinajstić information content (AvgIpc) is 3.16. The molecule has 0 aliphatic heterocycles. The molecule has 1 aromatic heterocycles. The van der Waals surface area contributed by atoms with E-state index in [0.717, 1.165) is 30.8 Å². The lowest BCUT2D eigenvalue weighted by atomic mass is 9.99. The monoisotopic (exact) mass is 264 g/mol. The molecular weight excluding hydrogens is 240 g/mol. The van der Waals surface area contributed by atoms with E-state index in [1.54, 1.807) is 0 Å². The standard InChI is InChI=1S/C15H24N2O2/c1-4-10(2)14(16)15(18)17(12-6-7-12)9-13-8-5-11(3)19-13/h5,8,10,12,14H,4,6-7,9,16H2,1-3H3/t10?,14-/m0/s1. The third-order valence-electron chi connectivity index (χ3n) is 3.94. The molecule has 1 unspecified atom stereocenters. The predicted octanol–water partition coefficient (Wildman–Crippen LogP) is 2.45. The Morgan fingerprint density at radius 2 is 2.21 bits per heavy atom. The molecule has 1 saturated carbocycles. The van der Waals surface area contributed by atoms with Gasteiger partial charge in [0.25, 0.3) is 0 Å². The second-order valence-electron chi connectivity index (χ2n) is 5.62. The number of hydrogen-bond acceptors (Lipinski definition) is 3. The topological polar surface area (TPSA) is 59.5 Å². The number of nitrogens with two attached hydrogens (primary N) is 1. The molecular formula is C15H24N2O2. The first-order valence-electron chi connectivity index (χ1n) is 7.14. The Kier molecular flexibility index (Phi) is 4.30. The molecule has 4 heteroatoms. The van der Waals surface area contributed by atoms with Crippen molar-refractivity contribution in [3.63, 3.8) is 0 Å². The van der Waals surface area contributed by atoms with Crippen molar-refractivity contribution >= 4 is 5.91 Å². The maximum Gasteiger partial charge on any atom is 0.240 e. The molecule has 2 atom stereocenters. The number of carbonyl (C=O) groups excluding carboxylic acids is 1. The highest BCUT2D eigenvalue weighted by atomic mass is 16.3. The van der Waals surface area contributed by atoms with E-state index >= 15 is 0 Å². The number of furan rings is 1. The quantitative estimate of drug-likeness (QED) is 0.858. The maximum absolute atomic E-state index is 12.5. The highest BCUT2D eigenvalue weighted by Crippen LogP contribution is 2.30. The number of nitrogens with zero attached hydrogens (tertiary/aromatic N) is 1. The van der Waals surface area contributed by atoms with Crippen LogP contribution >= 0.6 is 0 Å². The van der Waals surface area contributed by atoms with Gasteiger partial charge in [-0.2, -0.15) is 0 Å². The van der Waals surface area contributed by atoms with Gasteiger partial charge in [-0.1, -0.05) is 20.3 Å². The first kappa shape index (κ1) is 14.1. The minimum atomic E-state index is -0.401. The van der Waals surface area contributed by atoms with Gasteiger partial charge in [0.05, 0.1) is 12.6 Å². The van der Waals surface area contributed by atoms with Crippen LogP contribution in [0.3, 0.4) is 0 Å². The lowest BCUT2D eigenvalue weighted by molar-refractivity contribution is -0.135. The summed E-state index contributed by atoms with van der Waals surface area (Å²) in [6, 6.07) is 3.82. The third kappa shape index (κ3) is 3.38. The van der Waals surface area contributed by atoms with Crippen molar-refractivity contribution in [3.05, 3.63) is 23.7 Å². The van der Waals surface area contributed by atoms with Gasteiger partial charge in [0.1, 0.15) is 11.5 Å². The number of rotatable bonds is 6. The third-order valence-corrected chi connectivity index (χ3v) is 3.94. The molecule has 1 heterocycles. The SMILES string of the molecule is CCC(C)[C@H](N)C(=O)N(Cc1ccc(C)o1)C1CC1. The summed E-state index contributed by atoms with van der Waals surface area (Å²) < 4.78 is 5.57. The maximum atomic E-state index is 12.5. The number of hydrogen-bond donors (Lipinski definition) is 1. The second kappa shape index (κ2) is 5.78. The van der Waals surface area contributed by atoms with Crippen molar-refractivity contribution < 1.29 is 9.21 Å². The van der Waals surface area contributed by atoms with Gasteiger partial charge >= 0.3 is 0 Å². The van der Waals surface area contributed by atoms with Gasteiger partial charge in [0, 0.05) is 6.04 Å². The van der Waals surface area contributed by atoms with E-state index in [-0.39, 0.29) is 11.8 Å². The van der Waals surface area contributed by atoms with Crippen LogP contribution in [-0.4, -0.2) is 22.9 Å². The van der Waals surface area contributed by atoms with Gasteiger partial charge in [-0.05, 0) is 37.8 Å². The molecule has 0 saturated heterocycles. The Bertz CT molecular complexity index is 437. The molecule has 2 rings (SSSR count). The zero-order chi connectivity index (χ0) is 14.0. The highest BCUT2D eigenvalue weighted by molar-refractivity contribution is 5.82. The minimum absolute atomic E-state index is 0.0610. The van der Waals surface area contributed by atoms with E-state index in [2.05, 4.69) is 6.92 Å². The van der Waals surface area contributed by atoms with Gasteiger partial charge < -0.3 is 15.1 Å². The normalized spacial score (nSPS) is 18.1. The summed E-state index contributed by atoms with van der Waals surface area (Å²) in [5, 5.41) is 0. The molecule has 0 aromatic carbocycles. The largest absolute Gasteiger partial charge is 0.464 e. The summed E-state index contributed by atoms with van der Waals surface area (Å²) >= 11 is 0. The van der Waals surface area contributed by atoms with Crippen LogP contribution in [0.25, 0.3) is 0 Å². The molecule has 19 heavy (non-hydrogen) atoms. The van der Waals surface area contributed by atoms with Gasteiger partial charge in [0.15, 0.2) is 0 Å². The molecule has 2 N–H and O–H groups in total. The van der Waals surface area contributed by atoms with E-state index in [0.29, 0.717) is 12.6 Å². The van der Waals surface area contributed by atoms with Gasteiger partial charge in [-0.15, -0.1) is 0 Å². The Hall–Kier alpha value is -1.29. The molecule has 0 spiro atoms. The number of aryl methyl sites for hydroxylation is 1. The van der Waals surface area contributed by atoms with Crippen molar-refractivity contribution in [2.45, 2.75) is 58.7 Å². The van der Waals surface area contributed by atoms with E-state index in [1.165, 1.54) is 0 Å². The Labute approximate surface area is 114 Å². The average molecular weight is 264 g/mol. The van der Waals surface area contributed by atoms with E-state index in [9.17, 15) is 4.79 Å². The molecule has 0 radical (unpaired) electrons. The second-order valence-corrected chi connectivity index (χ2v) is 5.62. The molecule has 1 aromatic rings. The fourth-order valence-electron chi connectivity index (χ4n) is 2.20. The summed E-state index contributed by atoms with van der Waals surface area (Å²) in [4.78, 5) is 14.4. The Morgan fingerprint density at radius 3 is 2.68 bits per heavy atom. The fourth-order valence-corrected chi connectivity index (χ4v) is 2.20. The van der Waals surface area contributed by atoms with Crippen molar-refractivity contribution in [2.75, 3.05) is 0 Å². The van der Waals surface area contributed by atoms with Crippen molar-refractivity contribution in [2.24, 2.45) is 11.7 Å². The van der Waals surface area contributed by atoms with Crippen LogP contribution in [0.5, 0.6) is 0 Å². The Morgan fingerprint density at radius 1 is 1.53 bits per heavy atom. The van der Waals surface area contributed by atoms with Crippen LogP contribution in [0, 0.1) is 12.8 Å². The predicted molar refractivity (Wildman–Crippen MR) is 74.4 cm³/mol.